The maximum absolute atomic E-state index is 12.7. The van der Waals surface area contributed by atoms with Crippen molar-refractivity contribution in [3.05, 3.63) is 0 Å². The zero-order valence-corrected chi connectivity index (χ0v) is 14.1. The Morgan fingerprint density at radius 3 is 2.00 bits per heavy atom. The second-order valence-electron chi connectivity index (χ2n) is 4.49. The van der Waals surface area contributed by atoms with Crippen molar-refractivity contribution in [3.8, 4) is 0 Å². The Kier molecular flexibility index (Phi) is 11.1. The van der Waals surface area contributed by atoms with Crippen molar-refractivity contribution in [1.82, 2.24) is 0 Å². The van der Waals surface area contributed by atoms with Crippen molar-refractivity contribution in [2.45, 2.75) is 65.5 Å². The Balaban J connectivity index is 4.85. The van der Waals surface area contributed by atoms with Crippen molar-refractivity contribution < 1.29 is 23.1 Å². The molecular formula is C14H29O5P. The summed E-state index contributed by atoms with van der Waals surface area (Å²) < 4.78 is 28.4. The number of carbonyl (C=O) groups is 1. The molecule has 0 rings (SSSR count). The summed E-state index contributed by atoms with van der Waals surface area (Å²) in [6, 6.07) is 0. The fourth-order valence-corrected chi connectivity index (χ4v) is 3.97. The van der Waals surface area contributed by atoms with E-state index in [9.17, 15) is 9.36 Å². The summed E-state index contributed by atoms with van der Waals surface area (Å²) in [6.45, 7) is 8.11. The molecule has 0 aromatic rings. The van der Waals surface area contributed by atoms with Crippen LogP contribution in [-0.2, 0) is 23.1 Å². The standard InChI is InChI=1S/C14H29O5P/c1-5-9-10-11-12-13(14(15)17-6-2)20(16,18-7-3)19-8-4/h13H,5-12H2,1-4H3/t13-/m1/s1. The SMILES string of the molecule is CCCCCC[C@H](C(=O)OCC)P(=O)(OCC)OCC. The van der Waals surface area contributed by atoms with Crippen LogP contribution in [0.2, 0.25) is 0 Å². The summed E-state index contributed by atoms with van der Waals surface area (Å²) in [5.41, 5.74) is -0.806. The zero-order valence-electron chi connectivity index (χ0n) is 13.2. The third-order valence-corrected chi connectivity index (χ3v) is 5.36. The van der Waals surface area contributed by atoms with Gasteiger partial charge in [0.05, 0.1) is 19.8 Å². The predicted molar refractivity (Wildman–Crippen MR) is 80.0 cm³/mol. The normalized spacial score (nSPS) is 13.2. The van der Waals surface area contributed by atoms with Gasteiger partial charge >= 0.3 is 13.6 Å². The first kappa shape index (κ1) is 19.6. The maximum Gasteiger partial charge on any atom is 0.344 e. The highest BCUT2D eigenvalue weighted by Gasteiger charge is 2.41. The van der Waals surface area contributed by atoms with Gasteiger partial charge in [-0.1, -0.05) is 32.6 Å². The average molecular weight is 308 g/mol. The van der Waals surface area contributed by atoms with E-state index >= 15 is 0 Å². The quantitative estimate of drug-likeness (QED) is 0.308. The lowest BCUT2D eigenvalue weighted by molar-refractivity contribution is -0.143. The minimum Gasteiger partial charge on any atom is -0.465 e. The molecule has 0 spiro atoms. The van der Waals surface area contributed by atoms with Gasteiger partial charge in [0.25, 0.3) is 0 Å². The maximum atomic E-state index is 12.7. The molecule has 120 valence electrons. The number of hydrogen-bond donors (Lipinski definition) is 0. The highest BCUT2D eigenvalue weighted by Crippen LogP contribution is 2.55. The second-order valence-corrected chi connectivity index (χ2v) is 6.71. The monoisotopic (exact) mass is 308 g/mol. The van der Waals surface area contributed by atoms with Crippen LogP contribution in [0.4, 0.5) is 0 Å². The van der Waals surface area contributed by atoms with Gasteiger partial charge in [0.1, 0.15) is 0 Å². The molecule has 0 aliphatic rings. The van der Waals surface area contributed by atoms with Crippen LogP contribution in [0, 0.1) is 0 Å². The van der Waals surface area contributed by atoms with Crippen LogP contribution in [0.15, 0.2) is 0 Å². The van der Waals surface area contributed by atoms with E-state index in [0.717, 1.165) is 25.7 Å². The van der Waals surface area contributed by atoms with E-state index in [1.165, 1.54) is 0 Å². The van der Waals surface area contributed by atoms with Crippen LogP contribution >= 0.6 is 7.60 Å². The number of unbranched alkanes of at least 4 members (excludes halogenated alkanes) is 3. The summed E-state index contributed by atoms with van der Waals surface area (Å²) in [7, 11) is -3.44. The summed E-state index contributed by atoms with van der Waals surface area (Å²) in [4.78, 5) is 12.0. The zero-order chi connectivity index (χ0) is 15.4. The lowest BCUT2D eigenvalue weighted by Gasteiger charge is -2.24. The van der Waals surface area contributed by atoms with Crippen LogP contribution in [0.25, 0.3) is 0 Å². The van der Waals surface area contributed by atoms with Gasteiger partial charge in [-0.2, -0.15) is 0 Å². The van der Waals surface area contributed by atoms with Crippen molar-refractivity contribution in [1.29, 1.82) is 0 Å². The Morgan fingerprint density at radius 1 is 0.950 bits per heavy atom. The molecule has 6 heteroatoms. The molecule has 0 unspecified atom stereocenters. The van der Waals surface area contributed by atoms with Gasteiger partial charge in [0.2, 0.25) is 0 Å². The van der Waals surface area contributed by atoms with E-state index in [4.69, 9.17) is 13.8 Å². The molecule has 0 saturated carbocycles. The number of hydrogen-bond acceptors (Lipinski definition) is 5. The molecule has 1 atom stereocenters. The third-order valence-electron chi connectivity index (χ3n) is 2.89. The van der Waals surface area contributed by atoms with Gasteiger partial charge in [0, 0.05) is 0 Å². The summed E-state index contributed by atoms with van der Waals surface area (Å²) in [6.07, 6.45) is 4.52. The molecule has 0 aromatic carbocycles. The fourth-order valence-electron chi connectivity index (χ4n) is 1.99. The Morgan fingerprint density at radius 2 is 1.55 bits per heavy atom. The van der Waals surface area contributed by atoms with Crippen molar-refractivity contribution in [2.24, 2.45) is 0 Å². The van der Waals surface area contributed by atoms with Crippen LogP contribution in [0.5, 0.6) is 0 Å². The molecule has 0 heterocycles. The number of carbonyl (C=O) groups excluding carboxylic acids is 1. The highest BCUT2D eigenvalue weighted by atomic mass is 31.2. The molecule has 0 aliphatic carbocycles. The van der Waals surface area contributed by atoms with E-state index in [1.807, 2.05) is 0 Å². The summed E-state index contributed by atoms with van der Waals surface area (Å²) in [5, 5.41) is 0. The molecule has 0 saturated heterocycles. The molecule has 0 aliphatic heterocycles. The Hall–Kier alpha value is -0.380. The van der Waals surface area contributed by atoms with Gasteiger partial charge in [0.15, 0.2) is 5.66 Å². The van der Waals surface area contributed by atoms with Crippen LogP contribution in [-0.4, -0.2) is 31.4 Å². The fraction of sp³-hybridized carbons (Fsp3) is 0.929. The molecule has 0 aromatic heterocycles. The molecular weight excluding hydrogens is 279 g/mol. The van der Waals surface area contributed by atoms with Gasteiger partial charge in [-0.3, -0.25) is 9.36 Å². The van der Waals surface area contributed by atoms with Gasteiger partial charge in [-0.25, -0.2) is 0 Å². The first-order chi connectivity index (χ1) is 9.55. The lowest BCUT2D eigenvalue weighted by atomic mass is 10.1. The molecule has 0 amide bonds. The molecule has 0 bridgehead atoms. The molecule has 0 fully saturated rings. The Bertz CT molecular complexity index is 296. The molecule has 0 radical (unpaired) electrons. The van der Waals surface area contributed by atoms with Gasteiger partial charge in [-0.15, -0.1) is 0 Å². The summed E-state index contributed by atoms with van der Waals surface area (Å²) in [5.74, 6) is -0.478. The number of esters is 1. The minimum atomic E-state index is -3.44. The van der Waals surface area contributed by atoms with E-state index in [1.54, 1.807) is 20.8 Å². The number of rotatable bonds is 12. The van der Waals surface area contributed by atoms with Crippen LogP contribution in [0.1, 0.15) is 59.8 Å². The third kappa shape index (κ3) is 6.87. The van der Waals surface area contributed by atoms with Crippen molar-refractivity contribution in [2.75, 3.05) is 19.8 Å². The highest BCUT2D eigenvalue weighted by molar-refractivity contribution is 7.55. The Labute approximate surface area is 122 Å². The topological polar surface area (TPSA) is 61.8 Å². The molecule has 0 N–H and O–H groups in total. The van der Waals surface area contributed by atoms with Crippen molar-refractivity contribution >= 4 is 13.6 Å². The van der Waals surface area contributed by atoms with E-state index < -0.39 is 19.2 Å². The van der Waals surface area contributed by atoms with E-state index in [0.29, 0.717) is 6.42 Å². The largest absolute Gasteiger partial charge is 0.465 e. The van der Waals surface area contributed by atoms with Crippen LogP contribution < -0.4 is 0 Å². The summed E-state index contributed by atoms with van der Waals surface area (Å²) >= 11 is 0. The number of ether oxygens (including phenoxy) is 1. The first-order valence-corrected chi connectivity index (χ1v) is 9.22. The van der Waals surface area contributed by atoms with E-state index in [-0.39, 0.29) is 19.8 Å². The first-order valence-electron chi connectivity index (χ1n) is 7.61. The minimum absolute atomic E-state index is 0.252. The second kappa shape index (κ2) is 11.3. The van der Waals surface area contributed by atoms with Crippen LogP contribution in [0.3, 0.4) is 0 Å². The average Bonchev–Trinajstić information content (AvgIpc) is 2.39. The van der Waals surface area contributed by atoms with Crippen molar-refractivity contribution in [3.63, 3.8) is 0 Å². The van der Waals surface area contributed by atoms with Gasteiger partial charge in [-0.05, 0) is 27.2 Å². The molecule has 20 heavy (non-hydrogen) atoms. The smallest absolute Gasteiger partial charge is 0.344 e. The lowest BCUT2D eigenvalue weighted by Crippen LogP contribution is -2.26. The predicted octanol–water partition coefficient (Wildman–Crippen LogP) is 4.15. The molecule has 5 nitrogen and oxygen atoms in total. The van der Waals surface area contributed by atoms with E-state index in [2.05, 4.69) is 6.92 Å². The van der Waals surface area contributed by atoms with Gasteiger partial charge < -0.3 is 13.8 Å².